The predicted molar refractivity (Wildman–Crippen MR) is 56.6 cm³/mol. The van der Waals surface area contributed by atoms with Gasteiger partial charge in [0.25, 0.3) is 0 Å². The maximum Gasteiger partial charge on any atom is 0.138 e. The molecule has 0 heterocycles. The van der Waals surface area contributed by atoms with Crippen molar-refractivity contribution < 1.29 is 14.2 Å². The quantitative estimate of drug-likeness (QED) is 0.838. The Morgan fingerprint density at radius 2 is 2.13 bits per heavy atom. The summed E-state index contributed by atoms with van der Waals surface area (Å²) in [5.41, 5.74) is 5.57. The minimum absolute atomic E-state index is 0.0891. The van der Waals surface area contributed by atoms with Gasteiger partial charge in [-0.15, -0.1) is 0 Å². The van der Waals surface area contributed by atoms with Crippen LogP contribution in [0.15, 0.2) is 12.1 Å². The highest BCUT2D eigenvalue weighted by Gasteiger charge is 2.19. The number of rotatable bonds is 3. The van der Waals surface area contributed by atoms with Crippen LogP contribution in [0.1, 0.15) is 18.6 Å². The van der Waals surface area contributed by atoms with Crippen LogP contribution in [0.2, 0.25) is 5.02 Å². The van der Waals surface area contributed by atoms with Crippen molar-refractivity contribution in [1.82, 2.24) is 0 Å². The van der Waals surface area contributed by atoms with Gasteiger partial charge in [-0.2, -0.15) is 0 Å². The smallest absolute Gasteiger partial charge is 0.138 e. The van der Waals surface area contributed by atoms with Crippen LogP contribution < -0.4 is 10.5 Å². The number of hydrogen-bond donors (Lipinski definition) is 2. The fraction of sp³-hybridized carbons (Fsp3) is 0.400. The molecule has 0 fully saturated rings. The van der Waals surface area contributed by atoms with Gasteiger partial charge in [-0.25, -0.2) is 4.39 Å². The molecule has 0 radical (unpaired) electrons. The van der Waals surface area contributed by atoms with E-state index in [-0.39, 0.29) is 10.6 Å². The van der Waals surface area contributed by atoms with Crippen molar-refractivity contribution in [2.45, 2.75) is 19.1 Å². The third-order valence-electron chi connectivity index (χ3n) is 2.09. The van der Waals surface area contributed by atoms with Gasteiger partial charge in [-0.1, -0.05) is 11.6 Å². The minimum Gasteiger partial charge on any atom is -0.495 e. The number of aliphatic hydroxyl groups excluding tert-OH is 1. The zero-order valence-electron chi connectivity index (χ0n) is 8.50. The molecule has 2 unspecified atom stereocenters. The number of benzene rings is 1. The lowest BCUT2D eigenvalue weighted by molar-refractivity contribution is 0.148. The second-order valence-corrected chi connectivity index (χ2v) is 3.72. The molecule has 1 aromatic rings. The Balaban J connectivity index is 3.18. The zero-order chi connectivity index (χ0) is 11.6. The molecule has 84 valence electrons. The number of aliphatic hydroxyl groups is 1. The van der Waals surface area contributed by atoms with Gasteiger partial charge in [0.1, 0.15) is 11.6 Å². The maximum atomic E-state index is 13.4. The molecule has 5 heteroatoms. The van der Waals surface area contributed by atoms with Gasteiger partial charge in [-0.05, 0) is 19.1 Å². The Labute approximate surface area is 92.6 Å². The molecule has 1 rings (SSSR count). The van der Waals surface area contributed by atoms with Gasteiger partial charge < -0.3 is 15.6 Å². The fourth-order valence-electron chi connectivity index (χ4n) is 1.21. The topological polar surface area (TPSA) is 55.5 Å². The van der Waals surface area contributed by atoms with Crippen molar-refractivity contribution >= 4 is 11.6 Å². The van der Waals surface area contributed by atoms with E-state index in [0.29, 0.717) is 5.75 Å². The molecule has 0 saturated carbocycles. The Morgan fingerprint density at radius 1 is 1.53 bits per heavy atom. The van der Waals surface area contributed by atoms with Crippen molar-refractivity contribution in [2.75, 3.05) is 7.11 Å². The lowest BCUT2D eigenvalue weighted by Crippen LogP contribution is -2.25. The number of ether oxygens (including phenoxy) is 1. The average Bonchev–Trinajstić information content (AvgIpc) is 2.17. The van der Waals surface area contributed by atoms with Gasteiger partial charge in [0.05, 0.1) is 18.2 Å². The van der Waals surface area contributed by atoms with Crippen molar-refractivity contribution in [2.24, 2.45) is 5.73 Å². The molecule has 0 aliphatic carbocycles. The Morgan fingerprint density at radius 3 is 2.60 bits per heavy atom. The second-order valence-electron chi connectivity index (χ2n) is 3.31. The third-order valence-corrected chi connectivity index (χ3v) is 2.38. The molecule has 0 spiro atoms. The van der Waals surface area contributed by atoms with Crippen LogP contribution in [0.25, 0.3) is 0 Å². The summed E-state index contributed by atoms with van der Waals surface area (Å²) in [5, 5.41) is 9.79. The van der Waals surface area contributed by atoms with E-state index < -0.39 is 18.0 Å². The Bertz CT molecular complexity index is 358. The van der Waals surface area contributed by atoms with E-state index in [2.05, 4.69) is 0 Å². The summed E-state index contributed by atoms with van der Waals surface area (Å²) in [6, 6.07) is 1.89. The summed E-state index contributed by atoms with van der Waals surface area (Å²) in [4.78, 5) is 0. The highest BCUT2D eigenvalue weighted by molar-refractivity contribution is 6.32. The third kappa shape index (κ3) is 2.59. The largest absolute Gasteiger partial charge is 0.495 e. The molecule has 0 aliphatic rings. The van der Waals surface area contributed by atoms with E-state index in [0.717, 1.165) is 6.07 Å². The van der Waals surface area contributed by atoms with Gasteiger partial charge in [0, 0.05) is 11.6 Å². The average molecular weight is 234 g/mol. The van der Waals surface area contributed by atoms with Crippen molar-refractivity contribution in [3.05, 3.63) is 28.5 Å². The van der Waals surface area contributed by atoms with Crippen LogP contribution in [0, 0.1) is 5.82 Å². The minimum atomic E-state index is -1.07. The predicted octanol–water partition coefficient (Wildman–Crippen LogP) is 1.87. The first-order valence-electron chi connectivity index (χ1n) is 4.44. The normalized spacial score (nSPS) is 14.8. The summed E-state index contributed by atoms with van der Waals surface area (Å²) < 4.78 is 18.3. The number of halogens is 2. The van der Waals surface area contributed by atoms with Crippen molar-refractivity contribution in [3.8, 4) is 5.75 Å². The van der Waals surface area contributed by atoms with Crippen LogP contribution in [-0.4, -0.2) is 18.3 Å². The SMILES string of the molecule is COc1cc(C(O)C(C)N)c(F)cc1Cl. The summed E-state index contributed by atoms with van der Waals surface area (Å²) in [6.45, 7) is 1.59. The monoisotopic (exact) mass is 233 g/mol. The van der Waals surface area contributed by atoms with Crippen molar-refractivity contribution in [1.29, 1.82) is 0 Å². The van der Waals surface area contributed by atoms with Crippen LogP contribution in [-0.2, 0) is 0 Å². The van der Waals surface area contributed by atoms with Gasteiger partial charge in [0.15, 0.2) is 0 Å². The highest BCUT2D eigenvalue weighted by atomic mass is 35.5. The molecular weight excluding hydrogens is 221 g/mol. The molecular formula is C10H13ClFNO2. The number of nitrogens with two attached hydrogens (primary N) is 1. The highest BCUT2D eigenvalue weighted by Crippen LogP contribution is 2.30. The summed E-state index contributed by atoms with van der Waals surface area (Å²) in [5.74, 6) is -0.279. The lowest BCUT2D eigenvalue weighted by atomic mass is 10.0. The van der Waals surface area contributed by atoms with E-state index in [9.17, 15) is 9.50 Å². The standard InChI is InChI=1S/C10H13ClFNO2/c1-5(13)10(14)6-3-9(15-2)7(11)4-8(6)12/h3-5,10,14H,13H2,1-2H3. The van der Waals surface area contributed by atoms with Gasteiger partial charge in [0.2, 0.25) is 0 Å². The fourth-order valence-corrected chi connectivity index (χ4v) is 1.44. The Hall–Kier alpha value is -0.840. The molecule has 0 aromatic heterocycles. The maximum absolute atomic E-state index is 13.4. The lowest BCUT2D eigenvalue weighted by Gasteiger charge is -2.16. The first kappa shape index (κ1) is 12.2. The molecule has 15 heavy (non-hydrogen) atoms. The molecule has 0 amide bonds. The van der Waals surface area contributed by atoms with Crippen LogP contribution in [0.5, 0.6) is 5.75 Å². The van der Waals surface area contributed by atoms with E-state index in [1.165, 1.54) is 13.2 Å². The van der Waals surface area contributed by atoms with E-state index in [4.69, 9.17) is 22.1 Å². The Kier molecular flexibility index (Phi) is 3.90. The van der Waals surface area contributed by atoms with Crippen LogP contribution >= 0.6 is 11.6 Å². The molecule has 3 N–H and O–H groups in total. The van der Waals surface area contributed by atoms with E-state index in [1.54, 1.807) is 6.92 Å². The van der Waals surface area contributed by atoms with Gasteiger partial charge in [-0.3, -0.25) is 0 Å². The van der Waals surface area contributed by atoms with E-state index in [1.807, 2.05) is 0 Å². The first-order valence-corrected chi connectivity index (χ1v) is 4.81. The molecule has 3 nitrogen and oxygen atoms in total. The summed E-state index contributed by atoms with van der Waals surface area (Å²) in [6.07, 6.45) is -1.07. The molecule has 0 bridgehead atoms. The number of hydrogen-bond acceptors (Lipinski definition) is 3. The first-order chi connectivity index (χ1) is 6.97. The summed E-state index contributed by atoms with van der Waals surface area (Å²) in [7, 11) is 1.42. The van der Waals surface area contributed by atoms with E-state index >= 15 is 0 Å². The van der Waals surface area contributed by atoms with Crippen LogP contribution in [0.4, 0.5) is 4.39 Å². The number of methoxy groups -OCH3 is 1. The zero-order valence-corrected chi connectivity index (χ0v) is 9.25. The molecule has 2 atom stereocenters. The van der Waals surface area contributed by atoms with Crippen molar-refractivity contribution in [3.63, 3.8) is 0 Å². The summed E-state index contributed by atoms with van der Waals surface area (Å²) >= 11 is 5.71. The molecule has 0 aliphatic heterocycles. The van der Waals surface area contributed by atoms with Crippen LogP contribution in [0.3, 0.4) is 0 Å². The second kappa shape index (κ2) is 4.79. The molecule has 1 aromatic carbocycles. The molecule has 0 saturated heterocycles. The van der Waals surface area contributed by atoms with Gasteiger partial charge >= 0.3 is 0 Å².